The van der Waals surface area contributed by atoms with Crippen LogP contribution in [0.2, 0.25) is 5.54 Å². The van der Waals surface area contributed by atoms with Crippen LogP contribution < -0.4 is 5.73 Å². The van der Waals surface area contributed by atoms with Crippen molar-refractivity contribution in [3.05, 3.63) is 0 Å². The maximum atomic E-state index is 10.5. The van der Waals surface area contributed by atoms with Crippen LogP contribution in [0.5, 0.6) is 0 Å². The number of nitrogens with two attached hydrogens (primary N) is 1. The SMILES string of the molecule is C#CCC(CCOC(N)=O)[Si](OC)(OC)OC. The van der Waals surface area contributed by atoms with Gasteiger partial charge in [-0.25, -0.2) is 4.79 Å². The zero-order valence-corrected chi connectivity index (χ0v) is 11.4. The molecule has 1 unspecified atom stereocenters. The second-order valence-corrected chi connectivity index (χ2v) is 6.53. The van der Waals surface area contributed by atoms with E-state index in [2.05, 4.69) is 10.7 Å². The first-order valence-electron chi connectivity index (χ1n) is 5.07. The predicted octanol–water partition coefficient (Wildman–Crippen LogP) is 0.743. The monoisotopic (exact) mass is 261 g/mol. The molecular formula is C10H19NO5Si. The van der Waals surface area contributed by atoms with E-state index < -0.39 is 14.9 Å². The molecule has 1 amide bonds. The zero-order chi connectivity index (χ0) is 13.3. The highest BCUT2D eigenvalue weighted by molar-refractivity contribution is 6.62. The molecule has 0 heterocycles. The van der Waals surface area contributed by atoms with Crippen molar-refractivity contribution in [2.75, 3.05) is 27.9 Å². The van der Waals surface area contributed by atoms with Gasteiger partial charge in [-0.15, -0.1) is 12.3 Å². The van der Waals surface area contributed by atoms with Crippen molar-refractivity contribution in [3.8, 4) is 12.3 Å². The molecular weight excluding hydrogens is 242 g/mol. The highest BCUT2D eigenvalue weighted by Gasteiger charge is 2.46. The van der Waals surface area contributed by atoms with Gasteiger partial charge >= 0.3 is 14.9 Å². The Kier molecular flexibility index (Phi) is 7.57. The minimum atomic E-state index is -2.81. The molecule has 0 aromatic rings. The summed E-state index contributed by atoms with van der Waals surface area (Å²) in [4.78, 5) is 10.5. The smallest absolute Gasteiger partial charge is 0.450 e. The summed E-state index contributed by atoms with van der Waals surface area (Å²) in [6.07, 6.45) is 5.38. The van der Waals surface area contributed by atoms with Crippen molar-refractivity contribution in [2.45, 2.75) is 18.4 Å². The summed E-state index contributed by atoms with van der Waals surface area (Å²) in [5, 5.41) is 0. The summed E-state index contributed by atoms with van der Waals surface area (Å²) in [6.45, 7) is 0.159. The third-order valence-electron chi connectivity index (χ3n) is 2.43. The lowest BCUT2D eigenvalue weighted by atomic mass is 10.2. The molecule has 0 aromatic heterocycles. The van der Waals surface area contributed by atoms with Crippen LogP contribution in [0.1, 0.15) is 12.8 Å². The normalized spacial score (nSPS) is 12.8. The maximum absolute atomic E-state index is 10.5. The van der Waals surface area contributed by atoms with Crippen LogP contribution in [-0.2, 0) is 18.0 Å². The summed E-state index contributed by atoms with van der Waals surface area (Å²) >= 11 is 0. The molecule has 17 heavy (non-hydrogen) atoms. The Morgan fingerprint density at radius 3 is 2.24 bits per heavy atom. The van der Waals surface area contributed by atoms with E-state index in [1.807, 2.05) is 0 Å². The minimum absolute atomic E-state index is 0.133. The molecule has 0 saturated carbocycles. The number of rotatable bonds is 8. The number of primary amides is 1. The number of carbonyl (C=O) groups excluding carboxylic acids is 1. The summed E-state index contributed by atoms with van der Waals surface area (Å²) in [6, 6.07) is 0. The molecule has 0 rings (SSSR count). The van der Waals surface area contributed by atoms with Crippen molar-refractivity contribution in [2.24, 2.45) is 5.73 Å². The summed E-state index contributed by atoms with van der Waals surface area (Å²) in [5.41, 5.74) is 4.74. The molecule has 0 bridgehead atoms. The zero-order valence-electron chi connectivity index (χ0n) is 10.4. The number of carbonyl (C=O) groups is 1. The van der Waals surface area contributed by atoms with Gasteiger partial charge < -0.3 is 23.7 Å². The lowest BCUT2D eigenvalue weighted by Gasteiger charge is -2.31. The van der Waals surface area contributed by atoms with Gasteiger partial charge in [0.2, 0.25) is 0 Å². The molecule has 0 aliphatic carbocycles. The Morgan fingerprint density at radius 2 is 1.88 bits per heavy atom. The van der Waals surface area contributed by atoms with Gasteiger partial charge in [-0.2, -0.15) is 0 Å². The Hall–Kier alpha value is -1.07. The molecule has 7 heteroatoms. The molecule has 0 aliphatic rings. The molecule has 0 radical (unpaired) electrons. The average Bonchev–Trinajstić information content (AvgIpc) is 2.31. The van der Waals surface area contributed by atoms with Crippen molar-refractivity contribution in [3.63, 3.8) is 0 Å². The number of terminal acetylenes is 1. The fourth-order valence-electron chi connectivity index (χ4n) is 1.60. The molecule has 1 atom stereocenters. The topological polar surface area (TPSA) is 80.0 Å². The molecule has 0 spiro atoms. The summed E-state index contributed by atoms with van der Waals surface area (Å²) in [7, 11) is 1.72. The van der Waals surface area contributed by atoms with Gasteiger partial charge in [0.1, 0.15) is 0 Å². The number of amides is 1. The van der Waals surface area contributed by atoms with E-state index in [-0.39, 0.29) is 12.1 Å². The number of hydrogen-bond acceptors (Lipinski definition) is 5. The Morgan fingerprint density at radius 1 is 1.35 bits per heavy atom. The number of ether oxygens (including phenoxy) is 1. The standard InChI is InChI=1S/C10H19NO5Si/c1-5-6-9(7-8-16-10(11)12)17(13-2,14-3)15-4/h1,9H,6-8H2,2-4H3,(H2,11,12). The van der Waals surface area contributed by atoms with E-state index in [4.69, 9.17) is 25.4 Å². The quantitative estimate of drug-likeness (QED) is 0.515. The summed E-state index contributed by atoms with van der Waals surface area (Å²) in [5.74, 6) is 2.54. The largest absolute Gasteiger partial charge is 0.504 e. The van der Waals surface area contributed by atoms with Crippen LogP contribution in [-0.4, -0.2) is 42.8 Å². The van der Waals surface area contributed by atoms with Crippen molar-refractivity contribution < 1.29 is 22.8 Å². The molecule has 6 nitrogen and oxygen atoms in total. The van der Waals surface area contributed by atoms with Crippen LogP contribution in [0.15, 0.2) is 0 Å². The second-order valence-electron chi connectivity index (χ2n) is 3.28. The van der Waals surface area contributed by atoms with E-state index in [0.29, 0.717) is 12.8 Å². The third kappa shape index (κ3) is 4.75. The van der Waals surface area contributed by atoms with Crippen LogP contribution in [0.4, 0.5) is 4.79 Å². The van der Waals surface area contributed by atoms with Crippen LogP contribution in [0.25, 0.3) is 0 Å². The fourth-order valence-corrected chi connectivity index (χ4v) is 3.94. The Labute approximate surface area is 103 Å². The second kappa shape index (κ2) is 8.08. The predicted molar refractivity (Wildman–Crippen MR) is 64.1 cm³/mol. The van der Waals surface area contributed by atoms with Gasteiger partial charge in [-0.05, 0) is 6.42 Å². The van der Waals surface area contributed by atoms with Crippen LogP contribution in [0, 0.1) is 12.3 Å². The van der Waals surface area contributed by atoms with E-state index in [0.717, 1.165) is 0 Å². The molecule has 0 fully saturated rings. The molecule has 0 aliphatic heterocycles. The van der Waals surface area contributed by atoms with Gasteiger partial charge in [0, 0.05) is 33.3 Å². The van der Waals surface area contributed by atoms with Gasteiger partial charge in [-0.3, -0.25) is 0 Å². The molecule has 2 N–H and O–H groups in total. The van der Waals surface area contributed by atoms with Crippen molar-refractivity contribution in [1.29, 1.82) is 0 Å². The molecule has 98 valence electrons. The minimum Gasteiger partial charge on any atom is -0.450 e. The van der Waals surface area contributed by atoms with E-state index >= 15 is 0 Å². The lowest BCUT2D eigenvalue weighted by molar-refractivity contribution is 0.102. The van der Waals surface area contributed by atoms with Crippen molar-refractivity contribution in [1.82, 2.24) is 0 Å². The third-order valence-corrected chi connectivity index (χ3v) is 5.63. The maximum Gasteiger partial charge on any atom is 0.504 e. The van der Waals surface area contributed by atoms with Gasteiger partial charge in [0.15, 0.2) is 0 Å². The van der Waals surface area contributed by atoms with E-state index in [1.165, 1.54) is 21.3 Å². The first-order chi connectivity index (χ1) is 8.06. The van der Waals surface area contributed by atoms with Crippen LogP contribution >= 0.6 is 0 Å². The van der Waals surface area contributed by atoms with Crippen molar-refractivity contribution >= 4 is 14.9 Å². The Bertz CT molecular complexity index is 266. The van der Waals surface area contributed by atoms with E-state index in [9.17, 15) is 4.79 Å². The summed E-state index contributed by atoms with van der Waals surface area (Å²) < 4.78 is 20.7. The lowest BCUT2D eigenvalue weighted by Crippen LogP contribution is -2.48. The van der Waals surface area contributed by atoms with Gasteiger partial charge in [-0.1, -0.05) is 0 Å². The first kappa shape index (κ1) is 15.9. The molecule has 0 saturated heterocycles. The Balaban J connectivity index is 4.58. The van der Waals surface area contributed by atoms with Gasteiger partial charge in [0.25, 0.3) is 0 Å². The van der Waals surface area contributed by atoms with Crippen LogP contribution in [0.3, 0.4) is 0 Å². The first-order valence-corrected chi connectivity index (χ1v) is 6.87. The highest BCUT2D eigenvalue weighted by Crippen LogP contribution is 2.30. The number of hydrogen-bond donors (Lipinski definition) is 1. The highest BCUT2D eigenvalue weighted by atomic mass is 28.4. The average molecular weight is 261 g/mol. The fraction of sp³-hybridized carbons (Fsp3) is 0.700. The van der Waals surface area contributed by atoms with E-state index in [1.54, 1.807) is 0 Å². The van der Waals surface area contributed by atoms with Gasteiger partial charge in [0.05, 0.1) is 6.61 Å². The molecule has 0 aromatic carbocycles.